The van der Waals surface area contributed by atoms with Crippen LogP contribution in [0.1, 0.15) is 11.1 Å². The number of anilines is 1. The summed E-state index contributed by atoms with van der Waals surface area (Å²) in [6.45, 7) is 1.53. The highest BCUT2D eigenvalue weighted by atomic mass is 79.9. The lowest BCUT2D eigenvalue weighted by Gasteiger charge is -2.11. The second kappa shape index (κ2) is 6.13. The molecule has 0 fully saturated rings. The lowest BCUT2D eigenvalue weighted by Crippen LogP contribution is -2.14. The van der Waals surface area contributed by atoms with E-state index in [1.54, 1.807) is 13.0 Å². The Bertz CT molecular complexity index is 778. The van der Waals surface area contributed by atoms with E-state index in [4.69, 9.17) is 0 Å². The molecule has 0 saturated heterocycles. The van der Waals surface area contributed by atoms with Gasteiger partial charge in [0.1, 0.15) is 5.82 Å². The summed E-state index contributed by atoms with van der Waals surface area (Å²) >= 11 is 3.16. The van der Waals surface area contributed by atoms with Crippen molar-refractivity contribution in [2.75, 3.05) is 4.72 Å². The molecule has 0 bridgehead atoms. The minimum absolute atomic E-state index is 0.00770. The highest BCUT2D eigenvalue weighted by Gasteiger charge is 2.17. The molecule has 0 heterocycles. The van der Waals surface area contributed by atoms with Crippen LogP contribution in [0.25, 0.3) is 0 Å². The molecule has 2 rings (SSSR count). The molecule has 0 spiro atoms. The molecule has 112 valence electrons. The lowest BCUT2D eigenvalue weighted by atomic mass is 10.1. The van der Waals surface area contributed by atoms with Gasteiger partial charge in [0.15, 0.2) is 0 Å². The molecule has 2 aromatic carbocycles. The number of nitrogens with one attached hydrogen (secondary N) is 1. The van der Waals surface area contributed by atoms with Gasteiger partial charge < -0.3 is 5.11 Å². The van der Waals surface area contributed by atoms with Crippen LogP contribution in [0.15, 0.2) is 45.8 Å². The van der Waals surface area contributed by atoms with Crippen molar-refractivity contribution in [3.8, 4) is 0 Å². The standard InChI is InChI=1S/C14H13BrFNO3S/c1-9-2-4-12(6-10(9)8-18)21(19,20)17-14-7-11(16)3-5-13(14)15/h2-7,17-18H,8H2,1H3. The quantitative estimate of drug-likeness (QED) is 0.864. The molecule has 0 aliphatic rings. The monoisotopic (exact) mass is 373 g/mol. The number of halogens is 2. The minimum Gasteiger partial charge on any atom is -0.392 e. The SMILES string of the molecule is Cc1ccc(S(=O)(=O)Nc2cc(F)ccc2Br)cc1CO. The maximum Gasteiger partial charge on any atom is 0.261 e. The summed E-state index contributed by atoms with van der Waals surface area (Å²) < 4.78 is 40.6. The maximum absolute atomic E-state index is 13.2. The summed E-state index contributed by atoms with van der Waals surface area (Å²) in [4.78, 5) is 0.00770. The summed E-state index contributed by atoms with van der Waals surface area (Å²) in [5.41, 5.74) is 1.43. The van der Waals surface area contributed by atoms with Gasteiger partial charge in [0.25, 0.3) is 10.0 Å². The Balaban J connectivity index is 2.41. The van der Waals surface area contributed by atoms with Crippen LogP contribution >= 0.6 is 15.9 Å². The van der Waals surface area contributed by atoms with Gasteiger partial charge in [-0.05, 0) is 64.3 Å². The molecule has 0 saturated carbocycles. The van der Waals surface area contributed by atoms with E-state index >= 15 is 0 Å². The normalized spacial score (nSPS) is 11.4. The van der Waals surface area contributed by atoms with Crippen molar-refractivity contribution >= 4 is 31.6 Å². The Morgan fingerprint density at radius 1 is 1.24 bits per heavy atom. The van der Waals surface area contributed by atoms with Crippen LogP contribution in [0.2, 0.25) is 0 Å². The predicted molar refractivity (Wildman–Crippen MR) is 82.0 cm³/mol. The molecule has 7 heteroatoms. The van der Waals surface area contributed by atoms with Gasteiger partial charge in [0.05, 0.1) is 17.2 Å². The van der Waals surface area contributed by atoms with Crippen molar-refractivity contribution in [1.29, 1.82) is 0 Å². The first-order valence-electron chi connectivity index (χ1n) is 6.02. The van der Waals surface area contributed by atoms with Gasteiger partial charge in [-0.3, -0.25) is 4.72 Å². The zero-order chi connectivity index (χ0) is 15.6. The highest BCUT2D eigenvalue weighted by molar-refractivity contribution is 9.10. The van der Waals surface area contributed by atoms with E-state index in [9.17, 15) is 17.9 Å². The van der Waals surface area contributed by atoms with Crippen molar-refractivity contribution in [3.63, 3.8) is 0 Å². The fourth-order valence-electron chi connectivity index (χ4n) is 1.76. The second-order valence-electron chi connectivity index (χ2n) is 4.48. The Hall–Kier alpha value is -1.44. The third-order valence-corrected chi connectivity index (χ3v) is 5.03. The summed E-state index contributed by atoms with van der Waals surface area (Å²) in [5.74, 6) is -0.546. The minimum atomic E-state index is -3.86. The van der Waals surface area contributed by atoms with Crippen molar-refractivity contribution in [1.82, 2.24) is 0 Å². The number of hydrogen-bond donors (Lipinski definition) is 2. The van der Waals surface area contributed by atoms with Gasteiger partial charge in [0, 0.05) is 4.47 Å². The average molecular weight is 374 g/mol. The van der Waals surface area contributed by atoms with E-state index in [1.807, 2.05) is 0 Å². The van der Waals surface area contributed by atoms with E-state index in [0.717, 1.165) is 11.6 Å². The molecule has 21 heavy (non-hydrogen) atoms. The Morgan fingerprint density at radius 2 is 1.95 bits per heavy atom. The van der Waals surface area contributed by atoms with Crippen molar-refractivity contribution in [2.24, 2.45) is 0 Å². The first kappa shape index (κ1) is 15.9. The molecule has 0 radical (unpaired) electrons. The molecule has 2 aromatic rings. The first-order chi connectivity index (χ1) is 9.83. The van der Waals surface area contributed by atoms with Crippen LogP contribution in [-0.4, -0.2) is 13.5 Å². The summed E-state index contributed by atoms with van der Waals surface area (Å²) in [6.07, 6.45) is 0. The maximum atomic E-state index is 13.2. The number of sulfonamides is 1. The van der Waals surface area contributed by atoms with Crippen LogP contribution < -0.4 is 4.72 Å². The number of rotatable bonds is 4. The third kappa shape index (κ3) is 3.61. The molecule has 0 unspecified atom stereocenters. The molecule has 0 atom stereocenters. The first-order valence-corrected chi connectivity index (χ1v) is 8.29. The number of aliphatic hydroxyl groups is 1. The van der Waals surface area contributed by atoms with Crippen LogP contribution in [-0.2, 0) is 16.6 Å². The smallest absolute Gasteiger partial charge is 0.261 e. The number of aliphatic hydroxyl groups excluding tert-OH is 1. The largest absolute Gasteiger partial charge is 0.392 e. The van der Waals surface area contributed by atoms with Crippen LogP contribution in [0, 0.1) is 12.7 Å². The van der Waals surface area contributed by atoms with E-state index < -0.39 is 15.8 Å². The molecule has 2 N–H and O–H groups in total. The molecular weight excluding hydrogens is 361 g/mol. The summed E-state index contributed by atoms with van der Waals surface area (Å²) in [7, 11) is -3.86. The fourth-order valence-corrected chi connectivity index (χ4v) is 3.36. The molecule has 0 amide bonds. The summed E-state index contributed by atoms with van der Waals surface area (Å²) in [6, 6.07) is 8.16. The van der Waals surface area contributed by atoms with Gasteiger partial charge in [-0.15, -0.1) is 0 Å². The van der Waals surface area contributed by atoms with E-state index in [1.165, 1.54) is 24.3 Å². The van der Waals surface area contributed by atoms with Gasteiger partial charge in [-0.25, -0.2) is 12.8 Å². The van der Waals surface area contributed by atoms with Crippen molar-refractivity contribution in [3.05, 3.63) is 57.8 Å². The number of benzene rings is 2. The topological polar surface area (TPSA) is 66.4 Å². The molecule has 0 aliphatic carbocycles. The van der Waals surface area contributed by atoms with E-state index in [0.29, 0.717) is 10.0 Å². The van der Waals surface area contributed by atoms with Gasteiger partial charge in [-0.2, -0.15) is 0 Å². The van der Waals surface area contributed by atoms with Crippen LogP contribution in [0.3, 0.4) is 0 Å². The zero-order valence-corrected chi connectivity index (χ0v) is 13.5. The van der Waals surface area contributed by atoms with Crippen LogP contribution in [0.4, 0.5) is 10.1 Å². The highest BCUT2D eigenvalue weighted by Crippen LogP contribution is 2.26. The van der Waals surface area contributed by atoms with E-state index in [2.05, 4.69) is 20.7 Å². The molecule has 0 aromatic heterocycles. The second-order valence-corrected chi connectivity index (χ2v) is 7.01. The average Bonchev–Trinajstić information content (AvgIpc) is 2.43. The lowest BCUT2D eigenvalue weighted by molar-refractivity contribution is 0.281. The number of hydrogen-bond acceptors (Lipinski definition) is 3. The molecular formula is C14H13BrFNO3S. The Morgan fingerprint density at radius 3 is 2.62 bits per heavy atom. The fraction of sp³-hybridized carbons (Fsp3) is 0.143. The van der Waals surface area contributed by atoms with Crippen molar-refractivity contribution < 1.29 is 17.9 Å². The van der Waals surface area contributed by atoms with Crippen molar-refractivity contribution in [2.45, 2.75) is 18.4 Å². The van der Waals surface area contributed by atoms with Gasteiger partial charge >= 0.3 is 0 Å². The van der Waals surface area contributed by atoms with E-state index in [-0.39, 0.29) is 17.2 Å². The van der Waals surface area contributed by atoms with Gasteiger partial charge in [0.2, 0.25) is 0 Å². The Labute approximate surface area is 130 Å². The number of aryl methyl sites for hydroxylation is 1. The zero-order valence-electron chi connectivity index (χ0n) is 11.1. The molecule has 4 nitrogen and oxygen atoms in total. The third-order valence-electron chi connectivity index (χ3n) is 2.97. The molecule has 0 aliphatic heterocycles. The van der Waals surface area contributed by atoms with Crippen LogP contribution in [0.5, 0.6) is 0 Å². The van der Waals surface area contributed by atoms with Gasteiger partial charge in [-0.1, -0.05) is 6.07 Å². The summed E-state index contributed by atoms with van der Waals surface area (Å²) in [5, 5.41) is 9.21. The predicted octanol–water partition coefficient (Wildman–Crippen LogP) is 3.19. The Kier molecular flexibility index (Phi) is 4.65.